The molecule has 2 heterocycles. The lowest BCUT2D eigenvalue weighted by atomic mass is 10.3. The molecule has 3 rings (SSSR count). The van der Waals surface area contributed by atoms with Crippen LogP contribution in [0.15, 0.2) is 36.4 Å². The van der Waals surface area contributed by atoms with Gasteiger partial charge in [0, 0.05) is 23.9 Å². The molecule has 0 radical (unpaired) electrons. The Morgan fingerprint density at radius 2 is 1.83 bits per heavy atom. The van der Waals surface area contributed by atoms with Crippen molar-refractivity contribution >= 4 is 17.6 Å². The van der Waals surface area contributed by atoms with Crippen LogP contribution in [0.2, 0.25) is 0 Å². The highest BCUT2D eigenvalue weighted by Crippen LogP contribution is 2.20. The first-order chi connectivity index (χ1) is 11.6. The minimum Gasteiger partial charge on any atom is -0.493 e. The zero-order valence-electron chi connectivity index (χ0n) is 13.3. The van der Waals surface area contributed by atoms with Crippen LogP contribution < -0.4 is 10.6 Å². The van der Waals surface area contributed by atoms with Gasteiger partial charge in [-0.15, -0.1) is 0 Å². The van der Waals surface area contributed by atoms with Crippen LogP contribution in [0.5, 0.6) is 5.88 Å². The summed E-state index contributed by atoms with van der Waals surface area (Å²) in [6.45, 7) is 3.98. The van der Waals surface area contributed by atoms with Crippen LogP contribution >= 0.6 is 0 Å². The van der Waals surface area contributed by atoms with Gasteiger partial charge in [-0.05, 0) is 32.0 Å². The number of anilines is 3. The van der Waals surface area contributed by atoms with E-state index in [1.807, 2.05) is 19.9 Å². The van der Waals surface area contributed by atoms with Gasteiger partial charge in [-0.3, -0.25) is 0 Å². The molecular weight excluding hydrogens is 304 g/mol. The van der Waals surface area contributed by atoms with Crippen molar-refractivity contribution in [1.82, 2.24) is 19.9 Å². The van der Waals surface area contributed by atoms with Crippen LogP contribution in [-0.2, 0) is 0 Å². The number of hydrogen-bond donors (Lipinski definition) is 3. The van der Waals surface area contributed by atoms with Crippen molar-refractivity contribution in [2.24, 2.45) is 0 Å². The van der Waals surface area contributed by atoms with E-state index in [-0.39, 0.29) is 11.9 Å². The summed E-state index contributed by atoms with van der Waals surface area (Å²) < 4.78 is 0. The van der Waals surface area contributed by atoms with Crippen molar-refractivity contribution in [1.29, 1.82) is 0 Å². The van der Waals surface area contributed by atoms with Gasteiger partial charge in [-0.2, -0.15) is 15.0 Å². The van der Waals surface area contributed by atoms with Crippen molar-refractivity contribution < 1.29 is 5.11 Å². The Kier molecular flexibility index (Phi) is 4.38. The number of nitrogens with zero attached hydrogens (tertiary/aromatic N) is 4. The molecular formula is C17H16N6O. The summed E-state index contributed by atoms with van der Waals surface area (Å²) in [6.07, 6.45) is 0. The number of hydrogen-bond acceptors (Lipinski definition) is 7. The minimum absolute atomic E-state index is 0.0889. The number of pyridine rings is 1. The molecule has 0 fully saturated rings. The fourth-order valence-corrected chi connectivity index (χ4v) is 1.97. The van der Waals surface area contributed by atoms with Crippen molar-refractivity contribution in [3.05, 3.63) is 48.5 Å². The Balaban J connectivity index is 2.00. The summed E-state index contributed by atoms with van der Waals surface area (Å²) in [7, 11) is 0. The van der Waals surface area contributed by atoms with Gasteiger partial charge < -0.3 is 15.7 Å². The third-order valence-electron chi connectivity index (χ3n) is 2.93. The highest BCUT2D eigenvalue weighted by molar-refractivity contribution is 5.58. The normalized spacial score (nSPS) is 10.3. The van der Waals surface area contributed by atoms with Crippen LogP contribution in [0.25, 0.3) is 11.5 Å². The summed E-state index contributed by atoms with van der Waals surface area (Å²) in [5.41, 5.74) is 1.24. The van der Waals surface area contributed by atoms with Crippen LogP contribution in [0.1, 0.15) is 13.8 Å². The lowest BCUT2D eigenvalue weighted by Crippen LogP contribution is -2.14. The van der Waals surface area contributed by atoms with Gasteiger partial charge in [0.1, 0.15) is 5.69 Å². The molecule has 0 aliphatic carbocycles. The molecule has 0 saturated carbocycles. The second-order valence-electron chi connectivity index (χ2n) is 5.33. The third-order valence-corrected chi connectivity index (χ3v) is 2.93. The molecule has 1 aromatic carbocycles. The number of rotatable bonds is 5. The van der Waals surface area contributed by atoms with Crippen LogP contribution in [0, 0.1) is 12.1 Å². The lowest BCUT2D eigenvalue weighted by Gasteiger charge is -2.11. The topological polar surface area (TPSA) is 95.9 Å². The molecule has 7 heteroatoms. The molecule has 3 N–H and O–H groups in total. The number of nitrogens with one attached hydrogen (secondary N) is 2. The average molecular weight is 320 g/mol. The van der Waals surface area contributed by atoms with Gasteiger partial charge in [0.15, 0.2) is 5.82 Å². The number of aromatic hydroxyl groups is 1. The fraction of sp³-hybridized carbons (Fsp3) is 0.176. The Hall–Kier alpha value is -3.40. The Bertz CT molecular complexity index is 822. The first kappa shape index (κ1) is 15.5. The molecule has 0 saturated heterocycles. The van der Waals surface area contributed by atoms with Gasteiger partial charge in [-0.1, -0.05) is 18.2 Å². The zero-order chi connectivity index (χ0) is 16.9. The maximum atomic E-state index is 9.57. The Morgan fingerprint density at radius 3 is 2.54 bits per heavy atom. The molecule has 3 aromatic rings. The van der Waals surface area contributed by atoms with E-state index in [1.165, 1.54) is 6.07 Å². The van der Waals surface area contributed by atoms with E-state index < -0.39 is 0 Å². The summed E-state index contributed by atoms with van der Waals surface area (Å²) >= 11 is 0. The standard InChI is InChI=1S/C17H16N6O/c1-11(2)18-16-21-15(13-9-6-10-14(24)20-13)22-17(23-16)19-12-7-4-3-5-8-12/h4,6-11H,1-2H3,(H,20,24)(H2,18,19,21,22,23). The second kappa shape index (κ2) is 6.79. The summed E-state index contributed by atoms with van der Waals surface area (Å²) in [5.74, 6) is 1.06. The Labute approximate surface area is 139 Å². The van der Waals surface area contributed by atoms with Gasteiger partial charge in [0.25, 0.3) is 0 Å². The molecule has 7 nitrogen and oxygen atoms in total. The molecule has 0 atom stereocenters. The molecule has 0 amide bonds. The van der Waals surface area contributed by atoms with Crippen molar-refractivity contribution in [2.75, 3.05) is 10.6 Å². The summed E-state index contributed by atoms with van der Waals surface area (Å²) in [6, 6.07) is 16.1. The first-order valence-electron chi connectivity index (χ1n) is 7.44. The first-order valence-corrected chi connectivity index (χ1v) is 7.44. The molecule has 0 unspecified atom stereocenters. The predicted molar refractivity (Wildman–Crippen MR) is 90.9 cm³/mol. The third kappa shape index (κ3) is 3.87. The van der Waals surface area contributed by atoms with Crippen LogP contribution in [-0.4, -0.2) is 31.1 Å². The van der Waals surface area contributed by atoms with Crippen molar-refractivity contribution in [3.8, 4) is 17.4 Å². The SMILES string of the molecule is CC(C)Nc1nc(Nc2cc#ccc2)nc(-c2cccc(O)n2)n1. The molecule has 0 bridgehead atoms. The smallest absolute Gasteiger partial charge is 0.232 e. The minimum atomic E-state index is -0.0889. The molecule has 2 aromatic heterocycles. The van der Waals surface area contributed by atoms with E-state index in [1.54, 1.807) is 24.3 Å². The second-order valence-corrected chi connectivity index (χ2v) is 5.33. The highest BCUT2D eigenvalue weighted by Gasteiger charge is 2.11. The van der Waals surface area contributed by atoms with E-state index in [9.17, 15) is 5.11 Å². The van der Waals surface area contributed by atoms with E-state index in [0.29, 0.717) is 23.4 Å². The monoisotopic (exact) mass is 320 g/mol. The summed E-state index contributed by atoms with van der Waals surface area (Å²) in [5, 5.41) is 15.8. The molecule has 24 heavy (non-hydrogen) atoms. The maximum Gasteiger partial charge on any atom is 0.232 e. The van der Waals surface area contributed by atoms with Gasteiger partial charge in [0.05, 0.1) is 0 Å². The fourth-order valence-electron chi connectivity index (χ4n) is 1.97. The van der Waals surface area contributed by atoms with Crippen molar-refractivity contribution in [2.45, 2.75) is 19.9 Å². The zero-order valence-corrected chi connectivity index (χ0v) is 13.3. The number of aromatic nitrogens is 4. The molecule has 120 valence electrons. The quantitative estimate of drug-likeness (QED) is 0.665. The van der Waals surface area contributed by atoms with Gasteiger partial charge in [0.2, 0.25) is 17.8 Å². The van der Waals surface area contributed by atoms with E-state index >= 15 is 0 Å². The van der Waals surface area contributed by atoms with Gasteiger partial charge in [-0.25, -0.2) is 4.98 Å². The van der Waals surface area contributed by atoms with Crippen LogP contribution in [0.4, 0.5) is 17.6 Å². The van der Waals surface area contributed by atoms with E-state index in [4.69, 9.17) is 0 Å². The summed E-state index contributed by atoms with van der Waals surface area (Å²) in [4.78, 5) is 17.1. The van der Waals surface area contributed by atoms with E-state index in [2.05, 4.69) is 42.7 Å². The molecule has 0 aliphatic rings. The predicted octanol–water partition coefficient (Wildman–Crippen LogP) is 2.80. The average Bonchev–Trinajstić information content (AvgIpc) is 2.55. The molecule has 0 aliphatic heterocycles. The van der Waals surface area contributed by atoms with E-state index in [0.717, 1.165) is 5.69 Å². The molecule has 0 spiro atoms. The highest BCUT2D eigenvalue weighted by atomic mass is 16.3. The van der Waals surface area contributed by atoms with Crippen LogP contribution in [0.3, 0.4) is 0 Å². The lowest BCUT2D eigenvalue weighted by molar-refractivity contribution is 0.454. The Morgan fingerprint density at radius 1 is 1.00 bits per heavy atom. The van der Waals surface area contributed by atoms with Gasteiger partial charge >= 0.3 is 0 Å². The van der Waals surface area contributed by atoms with Crippen molar-refractivity contribution in [3.63, 3.8) is 0 Å². The maximum absolute atomic E-state index is 9.57. The largest absolute Gasteiger partial charge is 0.493 e.